The van der Waals surface area contributed by atoms with Crippen molar-refractivity contribution in [3.8, 4) is 0 Å². The zero-order valence-corrected chi connectivity index (χ0v) is 9.53. The van der Waals surface area contributed by atoms with E-state index >= 15 is 0 Å². The molecule has 0 radical (unpaired) electrons. The lowest BCUT2D eigenvalue weighted by Crippen LogP contribution is -2.55. The van der Waals surface area contributed by atoms with Crippen LogP contribution < -0.4 is 5.32 Å². The summed E-state index contributed by atoms with van der Waals surface area (Å²) in [4.78, 5) is 12.0. The minimum Gasteiger partial charge on any atom is -0.350 e. The molecule has 17 heavy (non-hydrogen) atoms. The Hall–Kier alpha value is -0.920. The van der Waals surface area contributed by atoms with Gasteiger partial charge in [-0.05, 0) is 11.4 Å². The number of hydrogen-bond donors (Lipinski definition) is 1. The summed E-state index contributed by atoms with van der Waals surface area (Å²) in [6.45, 7) is 0.0501. The molecule has 2 heterocycles. The first-order chi connectivity index (χ1) is 7.95. The second-order valence-electron chi connectivity index (χ2n) is 3.68. The second-order valence-corrected chi connectivity index (χ2v) is 4.62. The number of rotatable bonds is 3. The smallest absolute Gasteiger partial charge is 0.350 e. The number of nitrogens with one attached hydrogen (secondary N) is 1. The van der Waals surface area contributed by atoms with Gasteiger partial charge in [-0.25, -0.2) is 0 Å². The maximum atomic E-state index is 12.9. The summed E-state index contributed by atoms with van der Waals surface area (Å²) >= 11 is 1.12. The number of ketones is 1. The summed E-state index contributed by atoms with van der Waals surface area (Å²) in [5, 5.41) is 3.89. The molecule has 0 aromatic carbocycles. The van der Waals surface area contributed by atoms with Crippen molar-refractivity contribution in [1.29, 1.82) is 0 Å². The summed E-state index contributed by atoms with van der Waals surface area (Å²) in [7, 11) is 0. The zero-order valence-electron chi connectivity index (χ0n) is 8.71. The molecule has 0 amide bonds. The number of alkyl halides is 3. The first kappa shape index (κ1) is 12.5. The van der Waals surface area contributed by atoms with Gasteiger partial charge < -0.3 is 4.74 Å². The zero-order chi connectivity index (χ0) is 12.5. The highest BCUT2D eigenvalue weighted by Gasteiger charge is 2.59. The molecule has 0 spiro atoms. The molecule has 1 unspecified atom stereocenters. The Kier molecular flexibility index (Phi) is 3.24. The van der Waals surface area contributed by atoms with Crippen molar-refractivity contribution in [2.24, 2.45) is 0 Å². The van der Waals surface area contributed by atoms with Crippen LogP contribution in [-0.4, -0.2) is 30.8 Å². The average molecular weight is 265 g/mol. The molecule has 1 aliphatic rings. The van der Waals surface area contributed by atoms with Crippen LogP contribution in [0.4, 0.5) is 13.2 Å². The van der Waals surface area contributed by atoms with Crippen molar-refractivity contribution in [2.45, 2.75) is 18.3 Å². The Morgan fingerprint density at radius 2 is 2.35 bits per heavy atom. The van der Waals surface area contributed by atoms with Crippen LogP contribution in [0.15, 0.2) is 17.5 Å². The molecular formula is C10H10F3NO2S. The maximum absolute atomic E-state index is 12.9. The molecule has 1 aromatic heterocycles. The predicted molar refractivity (Wildman–Crippen MR) is 56.0 cm³/mol. The van der Waals surface area contributed by atoms with E-state index in [4.69, 9.17) is 4.74 Å². The summed E-state index contributed by atoms with van der Waals surface area (Å²) < 4.78 is 43.4. The van der Waals surface area contributed by atoms with Crippen molar-refractivity contribution < 1.29 is 22.7 Å². The second kappa shape index (κ2) is 4.40. The molecule has 1 N–H and O–H groups in total. The van der Waals surface area contributed by atoms with E-state index < -0.39 is 24.1 Å². The Morgan fingerprint density at radius 3 is 2.82 bits per heavy atom. The van der Waals surface area contributed by atoms with Crippen molar-refractivity contribution in [3.63, 3.8) is 0 Å². The first-order valence-corrected chi connectivity index (χ1v) is 5.85. The van der Waals surface area contributed by atoms with Gasteiger partial charge in [0.15, 0.2) is 5.78 Å². The van der Waals surface area contributed by atoms with Crippen molar-refractivity contribution in [1.82, 2.24) is 5.32 Å². The molecule has 0 aliphatic carbocycles. The van der Waals surface area contributed by atoms with E-state index in [1.807, 2.05) is 0 Å². The van der Waals surface area contributed by atoms with Gasteiger partial charge in [0.1, 0.15) is 0 Å². The summed E-state index contributed by atoms with van der Waals surface area (Å²) in [5.74, 6) is -0.563. The molecular weight excluding hydrogens is 255 g/mol. The molecule has 0 saturated carbocycles. The van der Waals surface area contributed by atoms with Gasteiger partial charge in [-0.1, -0.05) is 6.07 Å². The highest BCUT2D eigenvalue weighted by atomic mass is 32.1. The SMILES string of the molecule is O=C(CC1(C(F)(F)F)NCCO1)c1cccs1. The van der Waals surface area contributed by atoms with Crippen LogP contribution in [-0.2, 0) is 4.74 Å². The van der Waals surface area contributed by atoms with Gasteiger partial charge in [-0.3, -0.25) is 10.1 Å². The molecule has 1 aromatic rings. The van der Waals surface area contributed by atoms with Crippen molar-refractivity contribution >= 4 is 17.1 Å². The molecule has 1 aliphatic heterocycles. The standard InChI is InChI=1S/C10H10F3NO2S/c11-10(12,13)9(14-3-4-16-9)6-7(15)8-2-1-5-17-8/h1-2,5,14H,3-4,6H2. The normalized spacial score (nSPS) is 25.1. The third kappa shape index (κ3) is 2.36. The predicted octanol–water partition coefficient (Wildman–Crippen LogP) is 2.20. The molecule has 0 bridgehead atoms. The van der Waals surface area contributed by atoms with Crippen molar-refractivity contribution in [2.75, 3.05) is 13.2 Å². The lowest BCUT2D eigenvalue weighted by Gasteiger charge is -2.30. The highest BCUT2D eigenvalue weighted by molar-refractivity contribution is 7.12. The monoisotopic (exact) mass is 265 g/mol. The Balaban J connectivity index is 2.17. The number of hydrogen-bond acceptors (Lipinski definition) is 4. The fourth-order valence-corrected chi connectivity index (χ4v) is 2.34. The molecule has 3 nitrogen and oxygen atoms in total. The summed E-state index contributed by atoms with van der Waals surface area (Å²) in [5.41, 5.74) is -2.52. The number of Topliss-reactive ketones (excluding diaryl/α,β-unsaturated/α-hetero) is 1. The third-order valence-electron chi connectivity index (χ3n) is 2.52. The van der Waals surface area contributed by atoms with Gasteiger partial charge in [0.2, 0.25) is 5.72 Å². The number of ether oxygens (including phenoxy) is 1. The highest BCUT2D eigenvalue weighted by Crippen LogP contribution is 2.37. The van der Waals surface area contributed by atoms with E-state index in [2.05, 4.69) is 5.32 Å². The lowest BCUT2D eigenvalue weighted by molar-refractivity contribution is -0.268. The van der Waals surface area contributed by atoms with E-state index in [9.17, 15) is 18.0 Å². The Labute approximate surface area is 99.6 Å². The Morgan fingerprint density at radius 1 is 1.59 bits per heavy atom. The van der Waals surface area contributed by atoms with Gasteiger partial charge in [-0.15, -0.1) is 11.3 Å². The largest absolute Gasteiger partial charge is 0.431 e. The van der Waals surface area contributed by atoms with E-state index in [1.54, 1.807) is 11.4 Å². The quantitative estimate of drug-likeness (QED) is 0.851. The van der Waals surface area contributed by atoms with Crippen LogP contribution in [0.25, 0.3) is 0 Å². The van der Waals surface area contributed by atoms with E-state index in [0.717, 1.165) is 11.3 Å². The Bertz CT molecular complexity index is 396. The molecule has 1 fully saturated rings. The van der Waals surface area contributed by atoms with Gasteiger partial charge in [0.25, 0.3) is 0 Å². The fraction of sp³-hybridized carbons (Fsp3) is 0.500. The van der Waals surface area contributed by atoms with Crippen LogP contribution in [0.1, 0.15) is 16.1 Å². The third-order valence-corrected chi connectivity index (χ3v) is 3.44. The van der Waals surface area contributed by atoms with E-state index in [-0.39, 0.29) is 13.2 Å². The van der Waals surface area contributed by atoms with Gasteiger partial charge in [-0.2, -0.15) is 13.2 Å². The molecule has 94 valence electrons. The van der Waals surface area contributed by atoms with Crippen LogP contribution in [0, 0.1) is 0 Å². The summed E-state index contributed by atoms with van der Waals surface area (Å²) in [6, 6.07) is 3.13. The molecule has 1 atom stereocenters. The van der Waals surface area contributed by atoms with Gasteiger partial charge >= 0.3 is 6.18 Å². The minimum atomic E-state index is -4.60. The van der Waals surface area contributed by atoms with E-state index in [0.29, 0.717) is 4.88 Å². The topological polar surface area (TPSA) is 38.3 Å². The number of thiophene rings is 1. The maximum Gasteiger partial charge on any atom is 0.431 e. The van der Waals surface area contributed by atoms with Crippen LogP contribution in [0.2, 0.25) is 0 Å². The van der Waals surface area contributed by atoms with Crippen LogP contribution >= 0.6 is 11.3 Å². The first-order valence-electron chi connectivity index (χ1n) is 4.97. The average Bonchev–Trinajstić information content (AvgIpc) is 2.86. The van der Waals surface area contributed by atoms with Crippen LogP contribution in [0.5, 0.6) is 0 Å². The molecule has 7 heteroatoms. The van der Waals surface area contributed by atoms with Gasteiger partial charge in [0.05, 0.1) is 17.9 Å². The molecule has 1 saturated heterocycles. The minimum absolute atomic E-state index is 0.0444. The van der Waals surface area contributed by atoms with Crippen LogP contribution in [0.3, 0.4) is 0 Å². The van der Waals surface area contributed by atoms with Crippen molar-refractivity contribution in [3.05, 3.63) is 22.4 Å². The number of carbonyl (C=O) groups is 1. The van der Waals surface area contributed by atoms with Gasteiger partial charge in [0, 0.05) is 6.54 Å². The molecule has 2 rings (SSSR count). The number of halogens is 3. The lowest BCUT2D eigenvalue weighted by atomic mass is 10.1. The number of carbonyl (C=O) groups excluding carboxylic acids is 1. The summed E-state index contributed by atoms with van der Waals surface area (Å²) in [6.07, 6.45) is -5.33. The van der Waals surface area contributed by atoms with E-state index in [1.165, 1.54) is 6.07 Å². The fourth-order valence-electron chi connectivity index (χ4n) is 1.68.